The molecule has 0 saturated heterocycles. The van der Waals surface area contributed by atoms with Crippen molar-refractivity contribution >= 4 is 34.3 Å². The Morgan fingerprint density at radius 3 is 2.32 bits per heavy atom. The lowest BCUT2D eigenvalue weighted by molar-refractivity contribution is -0.126. The summed E-state index contributed by atoms with van der Waals surface area (Å²) in [7, 11) is 0. The van der Waals surface area contributed by atoms with Crippen molar-refractivity contribution in [1.82, 2.24) is 20.4 Å². The molecule has 182 valence electrons. The Bertz CT molecular complexity index is 1170. The van der Waals surface area contributed by atoms with Crippen LogP contribution >= 0.6 is 11.6 Å². The predicted molar refractivity (Wildman–Crippen MR) is 127 cm³/mol. The molecule has 1 aromatic heterocycles. The van der Waals surface area contributed by atoms with E-state index in [1.165, 1.54) is 12.1 Å². The lowest BCUT2D eigenvalue weighted by atomic mass is 9.85. The van der Waals surface area contributed by atoms with Gasteiger partial charge in [0.1, 0.15) is 11.9 Å². The number of hydrogen-bond donors (Lipinski definition) is 4. The van der Waals surface area contributed by atoms with Crippen LogP contribution in [0.2, 0.25) is 5.02 Å². The highest BCUT2D eigenvalue weighted by Gasteiger charge is 2.35. The Balaban J connectivity index is 1.94. The number of nitrogens with zero attached hydrogens (tertiary/aromatic N) is 2. The third-order valence-corrected chi connectivity index (χ3v) is 5.60. The van der Waals surface area contributed by atoms with Gasteiger partial charge in [0, 0.05) is 10.4 Å². The molecule has 0 aliphatic heterocycles. The van der Waals surface area contributed by atoms with Crippen molar-refractivity contribution < 1.29 is 24.2 Å². The van der Waals surface area contributed by atoms with Crippen molar-refractivity contribution in [3.8, 4) is 0 Å². The van der Waals surface area contributed by atoms with Crippen molar-refractivity contribution in [2.45, 2.75) is 39.4 Å². The number of rotatable bonds is 8. The number of benzene rings is 2. The molecule has 0 saturated carbocycles. The van der Waals surface area contributed by atoms with Crippen molar-refractivity contribution in [3.63, 3.8) is 0 Å². The summed E-state index contributed by atoms with van der Waals surface area (Å²) in [4.78, 5) is 26.2. The molecule has 10 heteroatoms. The van der Waals surface area contributed by atoms with Crippen LogP contribution in [0.3, 0.4) is 0 Å². The van der Waals surface area contributed by atoms with Crippen molar-refractivity contribution in [3.05, 3.63) is 64.6 Å². The van der Waals surface area contributed by atoms with Gasteiger partial charge in [-0.05, 0) is 41.3 Å². The van der Waals surface area contributed by atoms with Crippen LogP contribution in [0.25, 0.3) is 10.9 Å². The van der Waals surface area contributed by atoms with Gasteiger partial charge in [0.25, 0.3) is 5.91 Å². The molecule has 0 aliphatic rings. The Kier molecular flexibility index (Phi) is 7.91. The zero-order valence-corrected chi connectivity index (χ0v) is 19.9. The molecule has 0 aliphatic carbocycles. The van der Waals surface area contributed by atoms with Crippen molar-refractivity contribution in [1.29, 1.82) is 0 Å². The predicted octanol–water partition coefficient (Wildman–Crippen LogP) is 2.49. The minimum absolute atomic E-state index is 0.0857. The van der Waals surface area contributed by atoms with E-state index in [0.717, 1.165) is 5.56 Å². The number of halogens is 2. The highest BCUT2D eigenvalue weighted by atomic mass is 35.5. The molecule has 0 spiro atoms. The quantitative estimate of drug-likeness (QED) is 0.387. The first-order valence-corrected chi connectivity index (χ1v) is 11.1. The number of nitrogens with one attached hydrogen (secondary N) is 2. The van der Waals surface area contributed by atoms with E-state index in [1.54, 1.807) is 55.8 Å². The molecule has 3 rings (SSSR count). The summed E-state index contributed by atoms with van der Waals surface area (Å²) in [6, 6.07) is 9.21. The van der Waals surface area contributed by atoms with E-state index in [-0.39, 0.29) is 11.5 Å². The van der Waals surface area contributed by atoms with Gasteiger partial charge in [-0.25, -0.2) is 4.39 Å². The number of aromatic nitrogens is 2. The molecule has 0 radical (unpaired) electrons. The van der Waals surface area contributed by atoms with Gasteiger partial charge in [-0.15, -0.1) is 0 Å². The molecule has 4 N–H and O–H groups in total. The lowest BCUT2D eigenvalue weighted by Crippen LogP contribution is -2.56. The van der Waals surface area contributed by atoms with E-state index < -0.39 is 42.5 Å². The first-order chi connectivity index (χ1) is 16.0. The Morgan fingerprint density at radius 1 is 1.09 bits per heavy atom. The molecule has 2 aromatic carbocycles. The van der Waals surface area contributed by atoms with Gasteiger partial charge in [-0.1, -0.05) is 44.5 Å². The Morgan fingerprint density at radius 2 is 1.74 bits per heavy atom. The maximum absolute atomic E-state index is 13.3. The largest absolute Gasteiger partial charge is 0.394 e. The van der Waals surface area contributed by atoms with Crippen LogP contribution in [-0.2, 0) is 11.3 Å². The maximum Gasteiger partial charge on any atom is 0.273 e. The van der Waals surface area contributed by atoms with E-state index in [9.17, 15) is 24.2 Å². The topological polar surface area (TPSA) is 116 Å². The summed E-state index contributed by atoms with van der Waals surface area (Å²) < 4.78 is 14.9. The number of aliphatic hydroxyl groups is 2. The fraction of sp³-hybridized carbons (Fsp3) is 0.375. The SMILES string of the molecule is CC(C)(C)[C@H](NC(=O)c1nn(Cc2ccc(F)cc2)c2ccc(Cl)cc12)C(=O)NC(CO)CO. The molecule has 0 fully saturated rings. The first kappa shape index (κ1) is 25.6. The molecule has 2 amide bonds. The Hall–Kier alpha value is -3.01. The van der Waals surface area contributed by atoms with Crippen LogP contribution < -0.4 is 10.6 Å². The fourth-order valence-electron chi connectivity index (χ4n) is 3.51. The minimum atomic E-state index is -0.975. The summed E-state index contributed by atoms with van der Waals surface area (Å²) >= 11 is 6.18. The van der Waals surface area contributed by atoms with Crippen LogP contribution in [0.4, 0.5) is 4.39 Å². The molecule has 0 bridgehead atoms. The fourth-order valence-corrected chi connectivity index (χ4v) is 3.68. The molecular weight excluding hydrogens is 463 g/mol. The number of aliphatic hydroxyl groups excluding tert-OH is 2. The van der Waals surface area contributed by atoms with Crippen LogP contribution in [0.15, 0.2) is 42.5 Å². The average Bonchev–Trinajstić information content (AvgIpc) is 3.13. The molecule has 3 aromatic rings. The van der Waals surface area contributed by atoms with E-state index in [4.69, 9.17) is 11.6 Å². The standard InChI is InChI=1S/C24H28ClFN4O4/c1-24(2,3)21(23(34)27-17(12-31)13-32)28-22(33)20-18-10-15(25)6-9-19(18)30(29-20)11-14-4-7-16(26)8-5-14/h4-10,17,21,31-32H,11-13H2,1-3H3,(H,27,34)(H,28,33)/t21-/m1/s1. The summed E-state index contributed by atoms with van der Waals surface area (Å²) in [5, 5.41) is 29.3. The van der Waals surface area contributed by atoms with E-state index in [2.05, 4.69) is 15.7 Å². The normalized spacial score (nSPS) is 12.7. The molecule has 34 heavy (non-hydrogen) atoms. The Labute approximate surface area is 201 Å². The third-order valence-electron chi connectivity index (χ3n) is 5.36. The lowest BCUT2D eigenvalue weighted by Gasteiger charge is -2.31. The average molecular weight is 491 g/mol. The second-order valence-corrected chi connectivity index (χ2v) is 9.57. The van der Waals surface area contributed by atoms with Gasteiger partial charge < -0.3 is 20.8 Å². The van der Waals surface area contributed by atoms with Crippen LogP contribution in [0.5, 0.6) is 0 Å². The number of carbonyl (C=O) groups excluding carboxylic acids is 2. The highest BCUT2D eigenvalue weighted by molar-refractivity contribution is 6.31. The van der Waals surface area contributed by atoms with Gasteiger partial charge in [-0.3, -0.25) is 14.3 Å². The van der Waals surface area contributed by atoms with Gasteiger partial charge in [-0.2, -0.15) is 5.10 Å². The van der Waals surface area contributed by atoms with Crippen LogP contribution in [-0.4, -0.2) is 57.1 Å². The van der Waals surface area contributed by atoms with Gasteiger partial charge >= 0.3 is 0 Å². The zero-order chi connectivity index (χ0) is 25.0. The van der Waals surface area contributed by atoms with E-state index >= 15 is 0 Å². The monoisotopic (exact) mass is 490 g/mol. The zero-order valence-electron chi connectivity index (χ0n) is 19.2. The van der Waals surface area contributed by atoms with Crippen LogP contribution in [0, 0.1) is 11.2 Å². The number of hydrogen-bond acceptors (Lipinski definition) is 5. The number of fused-ring (bicyclic) bond motifs is 1. The molecule has 1 atom stereocenters. The van der Waals surface area contributed by atoms with Gasteiger partial charge in [0.05, 0.1) is 31.3 Å². The van der Waals surface area contributed by atoms with Crippen molar-refractivity contribution in [2.75, 3.05) is 13.2 Å². The second-order valence-electron chi connectivity index (χ2n) is 9.14. The maximum atomic E-state index is 13.3. The molecule has 8 nitrogen and oxygen atoms in total. The molecule has 0 unspecified atom stereocenters. The third kappa shape index (κ3) is 5.91. The summed E-state index contributed by atoms with van der Waals surface area (Å²) in [6.07, 6.45) is 0. The summed E-state index contributed by atoms with van der Waals surface area (Å²) in [5.74, 6) is -1.47. The molecular formula is C24H28ClFN4O4. The number of carbonyl (C=O) groups is 2. The first-order valence-electron chi connectivity index (χ1n) is 10.8. The molecule has 1 heterocycles. The summed E-state index contributed by atoms with van der Waals surface area (Å²) in [6.45, 7) is 4.77. The van der Waals surface area contributed by atoms with Gasteiger partial charge in [0.15, 0.2) is 5.69 Å². The van der Waals surface area contributed by atoms with Crippen molar-refractivity contribution in [2.24, 2.45) is 5.41 Å². The smallest absolute Gasteiger partial charge is 0.273 e. The van der Waals surface area contributed by atoms with Gasteiger partial charge in [0.2, 0.25) is 5.91 Å². The second kappa shape index (κ2) is 10.5. The van der Waals surface area contributed by atoms with Crippen LogP contribution in [0.1, 0.15) is 36.8 Å². The van der Waals surface area contributed by atoms with E-state index in [0.29, 0.717) is 22.5 Å². The summed E-state index contributed by atoms with van der Waals surface area (Å²) in [5.41, 5.74) is 0.844. The minimum Gasteiger partial charge on any atom is -0.394 e. The van der Waals surface area contributed by atoms with E-state index in [1.807, 2.05) is 0 Å². The highest BCUT2D eigenvalue weighted by Crippen LogP contribution is 2.25. The number of amides is 2.